The zero-order valence-electron chi connectivity index (χ0n) is 43.4. The molecule has 3 aliphatic rings. The molecule has 13 aromatic rings. The van der Waals surface area contributed by atoms with E-state index in [4.69, 9.17) is 0 Å². The number of anilines is 9. The quantitative estimate of drug-likeness (QED) is 0.128. The van der Waals surface area contributed by atoms with E-state index in [2.05, 4.69) is 336 Å². The van der Waals surface area contributed by atoms with Crippen LogP contribution >= 0.6 is 0 Å². The van der Waals surface area contributed by atoms with Gasteiger partial charge in [-0.05, 0) is 175 Å². The average Bonchev–Trinajstić information content (AvgIpc) is 2.95. The maximum Gasteiger partial charge on any atom is 0.0712 e. The number of benzene rings is 13. The molecule has 0 unspecified atom stereocenters. The van der Waals surface area contributed by atoms with E-state index < -0.39 is 10.8 Å². The van der Waals surface area contributed by atoms with E-state index >= 15 is 0 Å². The topological polar surface area (TPSA) is 9.72 Å². The smallest absolute Gasteiger partial charge is 0.0712 e. The van der Waals surface area contributed by atoms with E-state index in [1.165, 1.54) is 66.1 Å². The first kappa shape index (κ1) is 46.1. The minimum atomic E-state index is -0.750. The third-order valence-electron chi connectivity index (χ3n) is 16.7. The Morgan fingerprint density at radius 2 is 0.443 bits per heavy atom. The molecule has 0 aliphatic heterocycles. The van der Waals surface area contributed by atoms with Crippen LogP contribution in [0.1, 0.15) is 44.5 Å². The first-order valence-electron chi connectivity index (χ1n) is 27.3. The van der Waals surface area contributed by atoms with Crippen molar-refractivity contribution in [1.29, 1.82) is 0 Å². The summed E-state index contributed by atoms with van der Waals surface area (Å²) in [5.74, 6) is 0. The van der Waals surface area contributed by atoms with Crippen LogP contribution in [-0.2, 0) is 10.8 Å². The Hall–Kier alpha value is -10.2. The van der Waals surface area contributed by atoms with Gasteiger partial charge in [0.25, 0.3) is 0 Å². The van der Waals surface area contributed by atoms with Gasteiger partial charge in [-0.1, -0.05) is 212 Å². The van der Waals surface area contributed by atoms with Crippen molar-refractivity contribution in [3.05, 3.63) is 366 Å². The lowest BCUT2D eigenvalue weighted by Gasteiger charge is -2.57. The molecule has 16 rings (SSSR count). The molecule has 0 fully saturated rings. The summed E-state index contributed by atoms with van der Waals surface area (Å²) < 4.78 is 0. The summed E-state index contributed by atoms with van der Waals surface area (Å²) in [5.41, 5.74) is 18.4. The average molecular weight is 1010 g/mol. The Labute approximate surface area is 461 Å². The van der Waals surface area contributed by atoms with Gasteiger partial charge < -0.3 is 14.7 Å². The highest BCUT2D eigenvalue weighted by molar-refractivity contribution is 5.93. The van der Waals surface area contributed by atoms with Gasteiger partial charge in [0.05, 0.1) is 10.8 Å². The summed E-state index contributed by atoms with van der Waals surface area (Å²) >= 11 is 0. The molecular weight excluding hydrogens is 955 g/mol. The number of para-hydroxylation sites is 4. The van der Waals surface area contributed by atoms with E-state index in [1.54, 1.807) is 0 Å². The van der Waals surface area contributed by atoms with E-state index in [0.29, 0.717) is 0 Å². The number of hydrogen-bond donors (Lipinski definition) is 0. The highest BCUT2D eigenvalue weighted by atomic mass is 15.2. The second kappa shape index (κ2) is 18.8. The molecule has 372 valence electrons. The first-order valence-corrected chi connectivity index (χ1v) is 27.3. The lowest BCUT2D eigenvalue weighted by molar-refractivity contribution is 0.557. The van der Waals surface area contributed by atoms with E-state index in [0.717, 1.165) is 51.2 Å². The second-order valence-electron chi connectivity index (χ2n) is 20.8. The largest absolute Gasteiger partial charge is 0.310 e. The normalized spacial score (nSPS) is 15.7. The molecule has 0 spiro atoms. The monoisotopic (exact) mass is 1010 g/mol. The Morgan fingerprint density at radius 1 is 0.165 bits per heavy atom. The minimum Gasteiger partial charge on any atom is -0.310 e. The van der Waals surface area contributed by atoms with Gasteiger partial charge in [0.2, 0.25) is 0 Å². The fourth-order valence-electron chi connectivity index (χ4n) is 13.4. The Balaban J connectivity index is 1.01. The molecule has 0 aromatic heterocycles. The van der Waals surface area contributed by atoms with Gasteiger partial charge in [0, 0.05) is 51.2 Å². The highest BCUT2D eigenvalue weighted by Crippen LogP contribution is 2.67. The number of fused-ring (bicyclic) bond motifs is 2. The fraction of sp³-hybridized carbons (Fsp3) is 0.0263. The van der Waals surface area contributed by atoms with Crippen LogP contribution in [0.2, 0.25) is 0 Å². The van der Waals surface area contributed by atoms with Crippen LogP contribution in [0.3, 0.4) is 0 Å². The number of hydrogen-bond acceptors (Lipinski definition) is 3. The molecule has 13 aromatic carbocycles. The molecule has 0 heterocycles. The second-order valence-corrected chi connectivity index (χ2v) is 20.8. The van der Waals surface area contributed by atoms with Gasteiger partial charge in [-0.25, -0.2) is 0 Å². The molecular formula is C76H53N3. The standard InChI is InChI=1S/C76H53N3/c1-5-29-60(30-6-1)77(61-31-7-2-8-32-61)68-47-48-73-74(53-68)76(59-28-22-38-65(52-59)79(63-35-11-4-12-36-63)67-46-44-55-24-14-16-26-57(55)50-67)71-41-19-17-39-69(71)75(73,70-40-18-20-42-72(70)76)58-27-21-37-64(51-58)78(62-33-9-3-10-34-62)66-45-43-54-23-13-15-25-56(54)49-66/h1-53H. The molecule has 0 saturated carbocycles. The fourth-order valence-corrected chi connectivity index (χ4v) is 13.4. The zero-order valence-corrected chi connectivity index (χ0v) is 43.4. The van der Waals surface area contributed by atoms with Gasteiger partial charge >= 0.3 is 0 Å². The third-order valence-corrected chi connectivity index (χ3v) is 16.7. The summed E-state index contributed by atoms with van der Waals surface area (Å²) in [7, 11) is 0. The van der Waals surface area contributed by atoms with Crippen LogP contribution in [0.15, 0.2) is 322 Å². The van der Waals surface area contributed by atoms with Crippen LogP contribution in [0, 0.1) is 0 Å². The molecule has 0 radical (unpaired) electrons. The van der Waals surface area contributed by atoms with Gasteiger partial charge in [0.1, 0.15) is 0 Å². The predicted octanol–water partition coefficient (Wildman–Crippen LogP) is 19.8. The van der Waals surface area contributed by atoms with Crippen molar-refractivity contribution in [3.8, 4) is 0 Å². The van der Waals surface area contributed by atoms with Gasteiger partial charge in [-0.2, -0.15) is 0 Å². The summed E-state index contributed by atoms with van der Waals surface area (Å²) in [4.78, 5) is 7.25. The summed E-state index contributed by atoms with van der Waals surface area (Å²) in [6, 6.07) is 119. The van der Waals surface area contributed by atoms with Gasteiger partial charge in [-0.15, -0.1) is 0 Å². The lowest BCUT2D eigenvalue weighted by atomic mass is 9.44. The van der Waals surface area contributed by atoms with Crippen molar-refractivity contribution < 1.29 is 0 Å². The van der Waals surface area contributed by atoms with Crippen molar-refractivity contribution in [1.82, 2.24) is 0 Å². The lowest BCUT2D eigenvalue weighted by Crippen LogP contribution is -2.52. The predicted molar refractivity (Wildman–Crippen MR) is 329 cm³/mol. The summed E-state index contributed by atoms with van der Waals surface area (Å²) in [6.07, 6.45) is 0. The molecule has 3 nitrogen and oxygen atoms in total. The molecule has 0 amide bonds. The van der Waals surface area contributed by atoms with E-state index in [9.17, 15) is 0 Å². The molecule has 3 aliphatic carbocycles. The van der Waals surface area contributed by atoms with Crippen molar-refractivity contribution >= 4 is 72.7 Å². The maximum atomic E-state index is 2.52. The molecule has 0 atom stereocenters. The SMILES string of the molecule is c1ccc(N(c2ccccc2)c2ccc3c(c2)C2(c4cccc(N(c5ccccc5)c5ccc6ccccc6c5)c4)c4ccccc4C3(c3cccc(N(c4ccccc4)c4ccc5ccccc5c4)c3)c3ccccc32)cc1. The zero-order chi connectivity index (χ0) is 52.3. The third kappa shape index (κ3) is 7.28. The molecule has 2 bridgehead atoms. The van der Waals surface area contributed by atoms with E-state index in [1.807, 2.05) is 0 Å². The van der Waals surface area contributed by atoms with Gasteiger partial charge in [0.15, 0.2) is 0 Å². The van der Waals surface area contributed by atoms with Crippen molar-refractivity contribution in [2.45, 2.75) is 10.8 Å². The Morgan fingerprint density at radius 3 is 0.848 bits per heavy atom. The van der Waals surface area contributed by atoms with Gasteiger partial charge in [-0.3, -0.25) is 0 Å². The molecule has 0 saturated heterocycles. The number of rotatable bonds is 11. The highest BCUT2D eigenvalue weighted by Gasteiger charge is 2.60. The van der Waals surface area contributed by atoms with Crippen LogP contribution in [0.5, 0.6) is 0 Å². The minimum absolute atomic E-state index is 0.715. The Bertz CT molecular complexity index is 4310. The van der Waals surface area contributed by atoms with E-state index in [-0.39, 0.29) is 0 Å². The van der Waals surface area contributed by atoms with Crippen LogP contribution in [0.4, 0.5) is 51.2 Å². The summed E-state index contributed by atoms with van der Waals surface area (Å²) in [5, 5.41) is 4.83. The first-order chi connectivity index (χ1) is 39.2. The molecule has 0 N–H and O–H groups in total. The molecule has 3 heteroatoms. The van der Waals surface area contributed by atoms with Crippen LogP contribution in [-0.4, -0.2) is 0 Å². The molecule has 79 heavy (non-hydrogen) atoms. The maximum absolute atomic E-state index is 2.52. The van der Waals surface area contributed by atoms with Crippen LogP contribution < -0.4 is 14.7 Å². The number of nitrogens with zero attached hydrogens (tertiary/aromatic N) is 3. The van der Waals surface area contributed by atoms with Crippen molar-refractivity contribution in [2.24, 2.45) is 0 Å². The van der Waals surface area contributed by atoms with Crippen molar-refractivity contribution in [3.63, 3.8) is 0 Å². The summed E-state index contributed by atoms with van der Waals surface area (Å²) in [6.45, 7) is 0. The van der Waals surface area contributed by atoms with Crippen LogP contribution in [0.25, 0.3) is 21.5 Å². The van der Waals surface area contributed by atoms with Crippen molar-refractivity contribution in [2.75, 3.05) is 14.7 Å². The Kier molecular flexibility index (Phi) is 11.0.